The summed E-state index contributed by atoms with van der Waals surface area (Å²) in [5.41, 5.74) is 2.41. The number of hydrogen-bond donors (Lipinski definition) is 1. The van der Waals surface area contributed by atoms with Gasteiger partial charge < -0.3 is 19.5 Å². The third-order valence-corrected chi connectivity index (χ3v) is 5.02. The van der Waals surface area contributed by atoms with Gasteiger partial charge in [-0.15, -0.1) is 0 Å². The van der Waals surface area contributed by atoms with Gasteiger partial charge in [-0.3, -0.25) is 4.79 Å². The van der Waals surface area contributed by atoms with E-state index in [1.165, 1.54) is 0 Å². The summed E-state index contributed by atoms with van der Waals surface area (Å²) < 4.78 is 16.9. The van der Waals surface area contributed by atoms with E-state index in [0.717, 1.165) is 16.9 Å². The van der Waals surface area contributed by atoms with Crippen LogP contribution >= 0.6 is 15.9 Å². The van der Waals surface area contributed by atoms with Gasteiger partial charge in [-0.05, 0) is 39.7 Å². The predicted octanol–water partition coefficient (Wildman–Crippen LogP) is 3.99. The molecule has 0 heterocycles. The van der Waals surface area contributed by atoms with E-state index in [1.807, 2.05) is 24.3 Å². The SMILES string of the molecule is CNC(=O)c1cc(OC)c(OC)c(C(C)c2ccc(OC)cc2)c1Br. The first-order valence-electron chi connectivity index (χ1n) is 7.78. The van der Waals surface area contributed by atoms with Crippen LogP contribution in [-0.2, 0) is 0 Å². The Morgan fingerprint density at radius 3 is 2.20 bits per heavy atom. The van der Waals surface area contributed by atoms with Crippen molar-refractivity contribution in [2.24, 2.45) is 0 Å². The Morgan fingerprint density at radius 2 is 1.72 bits per heavy atom. The number of halogens is 1. The van der Waals surface area contributed by atoms with E-state index in [0.29, 0.717) is 21.5 Å². The Labute approximate surface area is 156 Å². The number of carbonyl (C=O) groups excluding carboxylic acids is 1. The Hall–Kier alpha value is -2.21. The van der Waals surface area contributed by atoms with E-state index in [4.69, 9.17) is 14.2 Å². The van der Waals surface area contributed by atoms with Crippen LogP contribution in [0.15, 0.2) is 34.8 Å². The minimum Gasteiger partial charge on any atom is -0.497 e. The van der Waals surface area contributed by atoms with Gasteiger partial charge in [-0.1, -0.05) is 19.1 Å². The smallest absolute Gasteiger partial charge is 0.252 e. The second-order valence-corrected chi connectivity index (χ2v) is 6.25. The van der Waals surface area contributed by atoms with Gasteiger partial charge in [-0.2, -0.15) is 0 Å². The first-order valence-corrected chi connectivity index (χ1v) is 8.58. The fourth-order valence-corrected chi connectivity index (χ4v) is 3.56. The maximum Gasteiger partial charge on any atom is 0.252 e. The maximum atomic E-state index is 12.2. The number of methoxy groups -OCH3 is 3. The molecule has 0 aromatic heterocycles. The number of nitrogens with one attached hydrogen (secondary N) is 1. The molecule has 5 nitrogen and oxygen atoms in total. The Morgan fingerprint density at radius 1 is 1.08 bits per heavy atom. The molecule has 1 N–H and O–H groups in total. The number of benzene rings is 2. The topological polar surface area (TPSA) is 56.8 Å². The molecule has 25 heavy (non-hydrogen) atoms. The lowest BCUT2D eigenvalue weighted by molar-refractivity contribution is 0.0961. The molecule has 0 saturated heterocycles. The second-order valence-electron chi connectivity index (χ2n) is 5.46. The third-order valence-electron chi connectivity index (χ3n) is 4.16. The van der Waals surface area contributed by atoms with Crippen molar-refractivity contribution < 1.29 is 19.0 Å². The Bertz CT molecular complexity index is 759. The van der Waals surface area contributed by atoms with Gasteiger partial charge in [0.15, 0.2) is 11.5 Å². The summed E-state index contributed by atoms with van der Waals surface area (Å²) in [6, 6.07) is 9.48. The summed E-state index contributed by atoms with van der Waals surface area (Å²) in [6.07, 6.45) is 0. The predicted molar refractivity (Wildman–Crippen MR) is 101 cm³/mol. The van der Waals surface area contributed by atoms with Crippen molar-refractivity contribution in [1.29, 1.82) is 0 Å². The molecular formula is C19H22BrNO4. The zero-order valence-corrected chi connectivity index (χ0v) is 16.6. The average Bonchev–Trinajstić information content (AvgIpc) is 2.66. The largest absolute Gasteiger partial charge is 0.497 e. The van der Waals surface area contributed by atoms with Gasteiger partial charge in [0, 0.05) is 23.0 Å². The van der Waals surface area contributed by atoms with Gasteiger partial charge in [0.25, 0.3) is 5.91 Å². The monoisotopic (exact) mass is 407 g/mol. The van der Waals surface area contributed by atoms with Crippen molar-refractivity contribution in [3.8, 4) is 17.2 Å². The lowest BCUT2D eigenvalue weighted by Gasteiger charge is -2.22. The molecule has 0 aliphatic carbocycles. The quantitative estimate of drug-likeness (QED) is 0.786. The molecule has 0 fully saturated rings. The minimum atomic E-state index is -0.198. The fourth-order valence-electron chi connectivity index (χ4n) is 2.75. The number of amides is 1. The van der Waals surface area contributed by atoms with Crippen LogP contribution in [0.1, 0.15) is 34.3 Å². The molecule has 1 atom stereocenters. The lowest BCUT2D eigenvalue weighted by Crippen LogP contribution is -2.19. The molecule has 0 radical (unpaired) electrons. The molecule has 1 amide bonds. The molecule has 6 heteroatoms. The first kappa shape index (κ1) is 19.1. The van der Waals surface area contributed by atoms with Crippen LogP contribution in [0, 0.1) is 0 Å². The molecular weight excluding hydrogens is 386 g/mol. The molecule has 0 saturated carbocycles. The highest BCUT2D eigenvalue weighted by Crippen LogP contribution is 2.44. The number of hydrogen-bond acceptors (Lipinski definition) is 4. The summed E-state index contributed by atoms with van der Waals surface area (Å²) in [5.74, 6) is 1.67. The maximum absolute atomic E-state index is 12.2. The number of carbonyl (C=O) groups is 1. The van der Waals surface area contributed by atoms with Crippen LogP contribution in [0.4, 0.5) is 0 Å². The number of ether oxygens (including phenoxy) is 3. The zero-order valence-electron chi connectivity index (χ0n) is 15.0. The second kappa shape index (κ2) is 8.25. The van der Waals surface area contributed by atoms with Crippen LogP contribution < -0.4 is 19.5 Å². The summed E-state index contributed by atoms with van der Waals surface area (Å²) in [4.78, 5) is 12.2. The van der Waals surface area contributed by atoms with Crippen LogP contribution in [-0.4, -0.2) is 34.3 Å². The van der Waals surface area contributed by atoms with E-state index in [-0.39, 0.29) is 11.8 Å². The van der Waals surface area contributed by atoms with Crippen LogP contribution in [0.3, 0.4) is 0 Å². The lowest BCUT2D eigenvalue weighted by atomic mass is 9.90. The molecule has 1 unspecified atom stereocenters. The highest BCUT2D eigenvalue weighted by Gasteiger charge is 2.25. The van der Waals surface area contributed by atoms with Crippen LogP contribution in [0.25, 0.3) is 0 Å². The van der Waals surface area contributed by atoms with Gasteiger partial charge in [-0.25, -0.2) is 0 Å². The van der Waals surface area contributed by atoms with Crippen molar-refractivity contribution in [2.45, 2.75) is 12.8 Å². The van der Waals surface area contributed by atoms with Gasteiger partial charge >= 0.3 is 0 Å². The van der Waals surface area contributed by atoms with E-state index < -0.39 is 0 Å². The normalized spacial score (nSPS) is 11.6. The average molecular weight is 408 g/mol. The van der Waals surface area contributed by atoms with E-state index in [1.54, 1.807) is 34.4 Å². The highest BCUT2D eigenvalue weighted by atomic mass is 79.9. The molecule has 2 rings (SSSR count). The highest BCUT2D eigenvalue weighted by molar-refractivity contribution is 9.10. The van der Waals surface area contributed by atoms with Gasteiger partial charge in [0.05, 0.1) is 26.9 Å². The molecule has 0 aliphatic heterocycles. The van der Waals surface area contributed by atoms with Crippen LogP contribution in [0.5, 0.6) is 17.2 Å². The van der Waals surface area contributed by atoms with Crippen molar-refractivity contribution in [3.05, 3.63) is 51.5 Å². The van der Waals surface area contributed by atoms with Gasteiger partial charge in [0.1, 0.15) is 5.75 Å². The zero-order chi connectivity index (χ0) is 18.6. The minimum absolute atomic E-state index is 0.0336. The van der Waals surface area contributed by atoms with Crippen molar-refractivity contribution >= 4 is 21.8 Å². The molecule has 0 spiro atoms. The molecule has 0 aliphatic rings. The standard InChI is InChI=1S/C19H22BrNO4/c1-11(12-6-8-13(23-3)9-7-12)16-17(20)14(19(22)21-2)10-15(24-4)18(16)25-5/h6-11H,1-5H3,(H,21,22). The Balaban J connectivity index is 2.65. The van der Waals surface area contributed by atoms with E-state index in [2.05, 4.69) is 28.2 Å². The summed E-state index contributed by atoms with van der Waals surface area (Å²) in [5, 5.41) is 2.65. The summed E-state index contributed by atoms with van der Waals surface area (Å²) in [7, 11) is 6.38. The molecule has 2 aromatic rings. The molecule has 134 valence electrons. The van der Waals surface area contributed by atoms with Crippen molar-refractivity contribution in [1.82, 2.24) is 5.32 Å². The van der Waals surface area contributed by atoms with Crippen LogP contribution in [0.2, 0.25) is 0 Å². The van der Waals surface area contributed by atoms with Gasteiger partial charge in [0.2, 0.25) is 0 Å². The van der Waals surface area contributed by atoms with E-state index >= 15 is 0 Å². The molecule has 2 aromatic carbocycles. The summed E-state index contributed by atoms with van der Waals surface area (Å²) in [6.45, 7) is 2.05. The Kier molecular flexibility index (Phi) is 6.31. The number of rotatable bonds is 6. The van der Waals surface area contributed by atoms with E-state index in [9.17, 15) is 4.79 Å². The fraction of sp³-hybridized carbons (Fsp3) is 0.316. The summed E-state index contributed by atoms with van der Waals surface area (Å²) >= 11 is 3.58. The first-order chi connectivity index (χ1) is 12.0. The molecule has 0 bridgehead atoms. The van der Waals surface area contributed by atoms with Crippen molar-refractivity contribution in [3.63, 3.8) is 0 Å². The van der Waals surface area contributed by atoms with Crippen molar-refractivity contribution in [2.75, 3.05) is 28.4 Å². The third kappa shape index (κ3) is 3.74.